The van der Waals surface area contributed by atoms with Gasteiger partial charge in [-0.2, -0.15) is 0 Å². The second kappa shape index (κ2) is 9.82. The highest BCUT2D eigenvalue weighted by atomic mass is 79.9. The summed E-state index contributed by atoms with van der Waals surface area (Å²) in [6, 6.07) is 2.53. The Bertz CT molecular complexity index is 776. The van der Waals surface area contributed by atoms with E-state index in [4.69, 9.17) is 14.2 Å². The predicted octanol–water partition coefficient (Wildman–Crippen LogP) is 4.22. The molecule has 0 saturated heterocycles. The van der Waals surface area contributed by atoms with Crippen LogP contribution in [0, 0.1) is 0 Å². The molecule has 8 heteroatoms. The molecular formula is C20H27BrN2O5. The molecule has 1 aromatic rings. The number of allylic oxidation sites excluding steroid dienone is 1. The van der Waals surface area contributed by atoms with Crippen LogP contribution in [-0.2, 0) is 9.53 Å². The van der Waals surface area contributed by atoms with Crippen LogP contribution in [0.2, 0.25) is 0 Å². The number of amides is 2. The summed E-state index contributed by atoms with van der Waals surface area (Å²) in [7, 11) is 3.08. The second-order valence-corrected chi connectivity index (χ2v) is 7.57. The zero-order valence-corrected chi connectivity index (χ0v) is 18.4. The van der Waals surface area contributed by atoms with Crippen molar-refractivity contribution in [2.24, 2.45) is 0 Å². The lowest BCUT2D eigenvalue weighted by atomic mass is 9.93. The van der Waals surface area contributed by atoms with Gasteiger partial charge < -0.3 is 24.8 Å². The number of unbranched alkanes of at least 4 members (excludes halogenated alkanes) is 1. The topological polar surface area (TPSA) is 85.9 Å². The summed E-state index contributed by atoms with van der Waals surface area (Å²) in [4.78, 5) is 25.2. The van der Waals surface area contributed by atoms with Gasteiger partial charge in [-0.3, -0.25) is 0 Å². The van der Waals surface area contributed by atoms with Crippen LogP contribution < -0.4 is 20.1 Å². The van der Waals surface area contributed by atoms with Crippen molar-refractivity contribution in [3.8, 4) is 11.5 Å². The number of methoxy groups -OCH3 is 2. The third-order valence-corrected chi connectivity index (χ3v) is 4.87. The van der Waals surface area contributed by atoms with Gasteiger partial charge in [0.25, 0.3) is 0 Å². The number of carbonyl (C=O) groups excluding carboxylic acids is 2. The minimum Gasteiger partial charge on any atom is -0.493 e. The number of benzene rings is 1. The molecule has 154 valence electrons. The van der Waals surface area contributed by atoms with Crippen molar-refractivity contribution in [2.45, 2.75) is 52.2 Å². The Morgan fingerprint density at radius 1 is 1.25 bits per heavy atom. The molecule has 1 atom stereocenters. The van der Waals surface area contributed by atoms with Gasteiger partial charge in [-0.15, -0.1) is 0 Å². The molecule has 7 nitrogen and oxygen atoms in total. The maximum absolute atomic E-state index is 12.9. The van der Waals surface area contributed by atoms with Gasteiger partial charge in [0.2, 0.25) is 0 Å². The standard InChI is InChI=1S/C20H27BrN2O5/c1-6-7-8-14-16(19(24)28-11(2)3)17(23-20(25)22-14)12-9-13(21)18(27-5)15(10-12)26-4/h9-11,17H,6-8H2,1-5H3,(H2,22,23,25). The molecular weight excluding hydrogens is 428 g/mol. The SMILES string of the molecule is CCCCC1=C(C(=O)OC(C)C)C(c2cc(Br)c(OC)c(OC)c2)NC(=O)N1. The van der Waals surface area contributed by atoms with Gasteiger partial charge in [-0.05, 0) is 60.3 Å². The zero-order valence-electron chi connectivity index (χ0n) is 16.8. The maximum atomic E-state index is 12.9. The molecule has 0 radical (unpaired) electrons. The highest BCUT2D eigenvalue weighted by molar-refractivity contribution is 9.10. The van der Waals surface area contributed by atoms with Gasteiger partial charge in [0, 0.05) is 5.70 Å². The summed E-state index contributed by atoms with van der Waals surface area (Å²) >= 11 is 3.47. The second-order valence-electron chi connectivity index (χ2n) is 6.72. The quantitative estimate of drug-likeness (QED) is 0.574. The summed E-state index contributed by atoms with van der Waals surface area (Å²) in [5.74, 6) is 0.573. The molecule has 1 aliphatic rings. The molecule has 2 amide bonds. The van der Waals surface area contributed by atoms with Crippen LogP contribution in [-0.4, -0.2) is 32.3 Å². The molecule has 1 heterocycles. The number of rotatable bonds is 8. The van der Waals surface area contributed by atoms with Gasteiger partial charge in [0.1, 0.15) is 0 Å². The first kappa shape index (κ1) is 22.1. The summed E-state index contributed by atoms with van der Waals surface area (Å²) in [6.07, 6.45) is 2.09. The Morgan fingerprint density at radius 2 is 1.96 bits per heavy atom. The fourth-order valence-electron chi connectivity index (χ4n) is 3.04. The van der Waals surface area contributed by atoms with E-state index in [9.17, 15) is 9.59 Å². The van der Waals surface area contributed by atoms with Crippen LogP contribution in [0.3, 0.4) is 0 Å². The van der Waals surface area contributed by atoms with Gasteiger partial charge in [-0.25, -0.2) is 9.59 Å². The molecule has 0 bridgehead atoms. The monoisotopic (exact) mass is 454 g/mol. The third kappa shape index (κ3) is 4.98. The Kier molecular flexibility index (Phi) is 7.74. The van der Waals surface area contributed by atoms with E-state index in [0.29, 0.717) is 39.2 Å². The van der Waals surface area contributed by atoms with Crippen molar-refractivity contribution in [1.82, 2.24) is 10.6 Å². The molecule has 2 N–H and O–H groups in total. The van der Waals surface area contributed by atoms with Crippen molar-refractivity contribution < 1.29 is 23.8 Å². The van der Waals surface area contributed by atoms with E-state index in [2.05, 4.69) is 33.5 Å². The highest BCUT2D eigenvalue weighted by Crippen LogP contribution is 2.40. The van der Waals surface area contributed by atoms with E-state index in [1.807, 2.05) is 0 Å². The molecule has 28 heavy (non-hydrogen) atoms. The smallest absolute Gasteiger partial charge is 0.338 e. The first-order chi connectivity index (χ1) is 13.3. The minimum absolute atomic E-state index is 0.275. The first-order valence-electron chi connectivity index (χ1n) is 9.25. The lowest BCUT2D eigenvalue weighted by Gasteiger charge is -2.30. The number of hydrogen-bond donors (Lipinski definition) is 2. The molecule has 1 aliphatic heterocycles. The molecule has 1 unspecified atom stereocenters. The van der Waals surface area contributed by atoms with Gasteiger partial charge in [0.05, 0.1) is 36.4 Å². The van der Waals surface area contributed by atoms with E-state index in [1.165, 1.54) is 7.11 Å². The van der Waals surface area contributed by atoms with Crippen LogP contribution in [0.5, 0.6) is 11.5 Å². The van der Waals surface area contributed by atoms with Crippen molar-refractivity contribution in [2.75, 3.05) is 14.2 Å². The largest absolute Gasteiger partial charge is 0.493 e. The summed E-state index contributed by atoms with van der Waals surface area (Å²) < 4.78 is 16.9. The molecule has 0 aliphatic carbocycles. The fraction of sp³-hybridized carbons (Fsp3) is 0.500. The van der Waals surface area contributed by atoms with E-state index in [-0.39, 0.29) is 12.1 Å². The van der Waals surface area contributed by atoms with Crippen LogP contribution in [0.15, 0.2) is 27.9 Å². The van der Waals surface area contributed by atoms with Crippen LogP contribution in [0.25, 0.3) is 0 Å². The number of ether oxygens (including phenoxy) is 3. The molecule has 0 fully saturated rings. The molecule has 0 saturated carbocycles. The maximum Gasteiger partial charge on any atom is 0.338 e. The summed E-state index contributed by atoms with van der Waals surface area (Å²) in [6.45, 7) is 5.64. The van der Waals surface area contributed by atoms with Crippen molar-refractivity contribution in [3.05, 3.63) is 33.4 Å². The zero-order chi connectivity index (χ0) is 20.8. The third-order valence-electron chi connectivity index (χ3n) is 4.29. The predicted molar refractivity (Wildman–Crippen MR) is 109 cm³/mol. The first-order valence-corrected chi connectivity index (χ1v) is 10.0. The number of carbonyl (C=O) groups is 2. The average Bonchev–Trinajstić information content (AvgIpc) is 2.64. The highest BCUT2D eigenvalue weighted by Gasteiger charge is 2.34. The minimum atomic E-state index is -0.664. The van der Waals surface area contributed by atoms with Gasteiger partial charge >= 0.3 is 12.0 Å². The van der Waals surface area contributed by atoms with E-state index >= 15 is 0 Å². The van der Waals surface area contributed by atoms with E-state index in [0.717, 1.165) is 12.8 Å². The molecule has 2 rings (SSSR count). The van der Waals surface area contributed by atoms with Crippen LogP contribution >= 0.6 is 15.9 Å². The summed E-state index contributed by atoms with van der Waals surface area (Å²) in [5.41, 5.74) is 1.68. The van der Waals surface area contributed by atoms with Gasteiger partial charge in [0.15, 0.2) is 11.5 Å². The Balaban J connectivity index is 2.59. The lowest BCUT2D eigenvalue weighted by Crippen LogP contribution is -2.46. The number of esters is 1. The summed E-state index contributed by atoms with van der Waals surface area (Å²) in [5, 5.41) is 5.62. The molecule has 1 aromatic carbocycles. The fourth-order valence-corrected chi connectivity index (χ4v) is 3.66. The van der Waals surface area contributed by atoms with Gasteiger partial charge in [-0.1, -0.05) is 13.3 Å². The lowest BCUT2D eigenvalue weighted by molar-refractivity contribution is -0.143. The van der Waals surface area contributed by atoms with Crippen molar-refractivity contribution in [1.29, 1.82) is 0 Å². The van der Waals surface area contributed by atoms with E-state index in [1.54, 1.807) is 33.1 Å². The Morgan fingerprint density at radius 3 is 2.54 bits per heavy atom. The normalized spacial score (nSPS) is 16.5. The van der Waals surface area contributed by atoms with Crippen molar-refractivity contribution >= 4 is 27.9 Å². The Hall–Kier alpha value is -2.22. The Labute approximate surface area is 173 Å². The number of hydrogen-bond acceptors (Lipinski definition) is 5. The number of nitrogens with one attached hydrogen (secondary N) is 2. The van der Waals surface area contributed by atoms with Crippen molar-refractivity contribution in [3.63, 3.8) is 0 Å². The average molecular weight is 455 g/mol. The number of halogens is 1. The van der Waals surface area contributed by atoms with Crippen LogP contribution in [0.1, 0.15) is 51.6 Å². The van der Waals surface area contributed by atoms with Crippen LogP contribution in [0.4, 0.5) is 4.79 Å². The molecule has 0 aromatic heterocycles. The number of urea groups is 1. The molecule has 0 spiro atoms. The van der Waals surface area contributed by atoms with E-state index < -0.39 is 12.0 Å².